The number of rotatable bonds is 1. The van der Waals surface area contributed by atoms with E-state index < -0.39 is 0 Å². The predicted octanol–water partition coefficient (Wildman–Crippen LogP) is 4.76. The van der Waals surface area contributed by atoms with Gasteiger partial charge in [0.2, 0.25) is 0 Å². The highest BCUT2D eigenvalue weighted by molar-refractivity contribution is 6.10. The summed E-state index contributed by atoms with van der Waals surface area (Å²) < 4.78 is 0. The van der Waals surface area contributed by atoms with E-state index in [2.05, 4.69) is 18.2 Å². The van der Waals surface area contributed by atoms with Crippen LogP contribution in [0.3, 0.4) is 0 Å². The van der Waals surface area contributed by atoms with Crippen LogP contribution in [0, 0.1) is 0 Å². The minimum absolute atomic E-state index is 0.256. The van der Waals surface area contributed by atoms with E-state index >= 15 is 0 Å². The summed E-state index contributed by atoms with van der Waals surface area (Å²) in [5, 5.41) is 13.2. The predicted molar refractivity (Wildman–Crippen MR) is 86.3 cm³/mol. The van der Waals surface area contributed by atoms with Crippen LogP contribution >= 0.6 is 0 Å². The maximum absolute atomic E-state index is 9.73. The molecule has 0 saturated heterocycles. The van der Waals surface area contributed by atoms with Crippen molar-refractivity contribution in [2.75, 3.05) is 0 Å². The fourth-order valence-corrected chi connectivity index (χ4v) is 2.78. The number of hydrogen-bond donors (Lipinski definition) is 1. The second-order valence-corrected chi connectivity index (χ2v) is 5.07. The summed E-state index contributed by atoms with van der Waals surface area (Å²) in [6.45, 7) is 0. The molecule has 0 aliphatic carbocycles. The molecule has 1 aromatic heterocycles. The Morgan fingerprint density at radius 1 is 0.667 bits per heavy atom. The highest BCUT2D eigenvalue weighted by Gasteiger charge is 2.09. The topological polar surface area (TPSA) is 33.1 Å². The quantitative estimate of drug-likeness (QED) is 0.506. The lowest BCUT2D eigenvalue weighted by Crippen LogP contribution is -1.89. The Balaban J connectivity index is 2.16. The molecule has 0 saturated carbocycles. The second-order valence-electron chi connectivity index (χ2n) is 5.07. The van der Waals surface area contributed by atoms with Gasteiger partial charge in [-0.05, 0) is 23.6 Å². The number of para-hydroxylation sites is 1. The number of benzene rings is 3. The van der Waals surface area contributed by atoms with Gasteiger partial charge in [-0.15, -0.1) is 0 Å². The van der Waals surface area contributed by atoms with E-state index in [-0.39, 0.29) is 5.75 Å². The lowest BCUT2D eigenvalue weighted by molar-refractivity contribution is 0.475. The number of phenols is 1. The van der Waals surface area contributed by atoms with Crippen LogP contribution in [0.2, 0.25) is 0 Å². The van der Waals surface area contributed by atoms with Gasteiger partial charge in [0.05, 0.1) is 11.2 Å². The first-order valence-corrected chi connectivity index (χ1v) is 6.90. The van der Waals surface area contributed by atoms with E-state index in [0.717, 1.165) is 27.5 Å². The van der Waals surface area contributed by atoms with Crippen molar-refractivity contribution < 1.29 is 5.11 Å². The first-order chi connectivity index (χ1) is 10.3. The van der Waals surface area contributed by atoms with E-state index in [1.165, 1.54) is 5.39 Å². The number of aromatic nitrogens is 1. The Kier molecular flexibility index (Phi) is 2.61. The van der Waals surface area contributed by atoms with Crippen molar-refractivity contribution in [2.24, 2.45) is 0 Å². The fourth-order valence-electron chi connectivity index (χ4n) is 2.78. The molecule has 2 heteroatoms. The molecule has 0 aliphatic rings. The zero-order chi connectivity index (χ0) is 14.2. The molecular formula is C19H13NO. The minimum atomic E-state index is 0.256. The molecule has 1 heterocycles. The molecule has 21 heavy (non-hydrogen) atoms. The Morgan fingerprint density at radius 2 is 1.38 bits per heavy atom. The summed E-state index contributed by atoms with van der Waals surface area (Å²) in [7, 11) is 0. The van der Waals surface area contributed by atoms with Gasteiger partial charge in [0, 0.05) is 16.3 Å². The van der Waals surface area contributed by atoms with Gasteiger partial charge < -0.3 is 5.11 Å². The van der Waals surface area contributed by atoms with Crippen LogP contribution in [0.25, 0.3) is 32.9 Å². The average Bonchev–Trinajstić information content (AvgIpc) is 2.54. The summed E-state index contributed by atoms with van der Waals surface area (Å²) in [6, 6.07) is 23.6. The van der Waals surface area contributed by atoms with Gasteiger partial charge in [0.25, 0.3) is 0 Å². The molecule has 0 bridgehead atoms. The smallest absolute Gasteiger partial charge is 0.116 e. The van der Waals surface area contributed by atoms with Gasteiger partial charge in [0.1, 0.15) is 5.75 Å². The van der Waals surface area contributed by atoms with E-state index in [9.17, 15) is 5.11 Å². The molecule has 0 atom stereocenters. The number of pyridine rings is 1. The summed E-state index contributed by atoms with van der Waals surface area (Å²) in [4.78, 5) is 4.80. The molecular weight excluding hydrogens is 258 g/mol. The van der Waals surface area contributed by atoms with Crippen LogP contribution in [-0.4, -0.2) is 10.1 Å². The Labute approximate surface area is 122 Å². The van der Waals surface area contributed by atoms with Gasteiger partial charge in [-0.1, -0.05) is 54.6 Å². The number of fused-ring (bicyclic) bond motifs is 3. The summed E-state index contributed by atoms with van der Waals surface area (Å²) in [5.41, 5.74) is 2.80. The summed E-state index contributed by atoms with van der Waals surface area (Å²) in [6.07, 6.45) is 0. The van der Waals surface area contributed by atoms with Crippen LogP contribution < -0.4 is 0 Å². The zero-order valence-corrected chi connectivity index (χ0v) is 11.3. The van der Waals surface area contributed by atoms with Crippen molar-refractivity contribution in [1.29, 1.82) is 0 Å². The van der Waals surface area contributed by atoms with Crippen LogP contribution in [0.4, 0.5) is 0 Å². The lowest BCUT2D eigenvalue weighted by Gasteiger charge is -2.10. The van der Waals surface area contributed by atoms with E-state index in [0.29, 0.717) is 0 Å². The normalized spacial score (nSPS) is 11.0. The second kappa shape index (κ2) is 4.60. The SMILES string of the molecule is Oc1cccc(-c2nc3ccccc3c3ccccc23)c1. The molecule has 0 aliphatic heterocycles. The van der Waals surface area contributed by atoms with Crippen LogP contribution in [0.5, 0.6) is 5.75 Å². The molecule has 0 radical (unpaired) electrons. The fraction of sp³-hybridized carbons (Fsp3) is 0. The number of aromatic hydroxyl groups is 1. The largest absolute Gasteiger partial charge is 0.508 e. The molecule has 4 rings (SSSR count). The molecule has 0 spiro atoms. The first kappa shape index (κ1) is 11.9. The highest BCUT2D eigenvalue weighted by Crippen LogP contribution is 2.33. The molecule has 2 nitrogen and oxygen atoms in total. The van der Waals surface area contributed by atoms with E-state index in [1.807, 2.05) is 42.5 Å². The van der Waals surface area contributed by atoms with Crippen molar-refractivity contribution in [3.8, 4) is 17.0 Å². The lowest BCUT2D eigenvalue weighted by atomic mass is 10.00. The third kappa shape index (κ3) is 1.93. The number of nitrogens with zero attached hydrogens (tertiary/aromatic N) is 1. The van der Waals surface area contributed by atoms with Crippen molar-refractivity contribution in [2.45, 2.75) is 0 Å². The number of phenolic OH excluding ortho intramolecular Hbond substituents is 1. The first-order valence-electron chi connectivity index (χ1n) is 6.90. The maximum Gasteiger partial charge on any atom is 0.116 e. The van der Waals surface area contributed by atoms with E-state index in [4.69, 9.17) is 4.98 Å². The molecule has 3 aromatic carbocycles. The Bertz CT molecular complexity index is 960. The summed E-state index contributed by atoms with van der Waals surface area (Å²) >= 11 is 0. The molecule has 100 valence electrons. The monoisotopic (exact) mass is 271 g/mol. The Hall–Kier alpha value is -2.87. The van der Waals surface area contributed by atoms with Crippen LogP contribution in [-0.2, 0) is 0 Å². The van der Waals surface area contributed by atoms with Crippen LogP contribution in [0.15, 0.2) is 72.8 Å². The molecule has 4 aromatic rings. The maximum atomic E-state index is 9.73. The third-order valence-corrected chi connectivity index (χ3v) is 3.73. The van der Waals surface area contributed by atoms with Crippen molar-refractivity contribution in [1.82, 2.24) is 4.98 Å². The molecule has 0 fully saturated rings. The van der Waals surface area contributed by atoms with Crippen molar-refractivity contribution in [3.63, 3.8) is 0 Å². The van der Waals surface area contributed by atoms with Gasteiger partial charge in [-0.3, -0.25) is 0 Å². The van der Waals surface area contributed by atoms with Gasteiger partial charge >= 0.3 is 0 Å². The van der Waals surface area contributed by atoms with E-state index in [1.54, 1.807) is 12.1 Å². The van der Waals surface area contributed by atoms with Crippen LogP contribution in [0.1, 0.15) is 0 Å². The molecule has 0 unspecified atom stereocenters. The highest BCUT2D eigenvalue weighted by atomic mass is 16.3. The zero-order valence-electron chi connectivity index (χ0n) is 11.3. The van der Waals surface area contributed by atoms with Gasteiger partial charge in [0.15, 0.2) is 0 Å². The number of hydrogen-bond acceptors (Lipinski definition) is 2. The average molecular weight is 271 g/mol. The standard InChI is InChI=1S/C19H13NO/c21-14-7-5-6-13(12-14)19-17-10-2-1-8-15(17)16-9-3-4-11-18(16)20-19/h1-12,21H. The van der Waals surface area contributed by atoms with Crippen molar-refractivity contribution in [3.05, 3.63) is 72.8 Å². The third-order valence-electron chi connectivity index (χ3n) is 3.73. The molecule has 0 amide bonds. The van der Waals surface area contributed by atoms with Gasteiger partial charge in [-0.25, -0.2) is 4.98 Å². The minimum Gasteiger partial charge on any atom is -0.508 e. The summed E-state index contributed by atoms with van der Waals surface area (Å²) in [5.74, 6) is 0.256. The van der Waals surface area contributed by atoms with Crippen molar-refractivity contribution >= 4 is 21.7 Å². The van der Waals surface area contributed by atoms with Gasteiger partial charge in [-0.2, -0.15) is 0 Å². The Morgan fingerprint density at radius 3 is 2.19 bits per heavy atom. The molecule has 1 N–H and O–H groups in total.